The van der Waals surface area contributed by atoms with Crippen molar-refractivity contribution >= 4 is 17.6 Å². The first-order valence-corrected chi connectivity index (χ1v) is 6.68. The molecule has 0 aromatic carbocycles. The van der Waals surface area contributed by atoms with Gasteiger partial charge >= 0.3 is 5.97 Å². The molecule has 0 spiro atoms. The van der Waals surface area contributed by atoms with Crippen molar-refractivity contribution < 1.29 is 14.6 Å². The molecule has 0 bridgehead atoms. The van der Waals surface area contributed by atoms with E-state index in [1.165, 1.54) is 18.5 Å². The fourth-order valence-corrected chi connectivity index (χ4v) is 1.80. The van der Waals surface area contributed by atoms with Crippen molar-refractivity contribution in [1.29, 1.82) is 0 Å². The number of rotatable bonds is 3. The van der Waals surface area contributed by atoms with Gasteiger partial charge < -0.3 is 9.84 Å². The van der Waals surface area contributed by atoms with Gasteiger partial charge in [0.15, 0.2) is 0 Å². The van der Waals surface area contributed by atoms with Gasteiger partial charge in [0.2, 0.25) is 5.88 Å². The molecule has 0 atom stereocenters. The number of pyridine rings is 2. The van der Waals surface area contributed by atoms with Crippen LogP contribution in [0.1, 0.15) is 36.8 Å². The quantitative estimate of drug-likeness (QED) is 0.930. The Morgan fingerprint density at radius 2 is 1.95 bits per heavy atom. The van der Waals surface area contributed by atoms with E-state index < -0.39 is 5.97 Å². The van der Waals surface area contributed by atoms with Crippen LogP contribution in [0, 0.1) is 0 Å². The molecule has 0 amide bonds. The second-order valence-electron chi connectivity index (χ2n) is 5.58. The summed E-state index contributed by atoms with van der Waals surface area (Å²) in [7, 11) is 0. The number of carboxylic acids is 1. The molecular formula is C15H15ClN2O3. The third-order valence-corrected chi connectivity index (χ3v) is 2.93. The highest BCUT2D eigenvalue weighted by Gasteiger charge is 2.19. The number of hydrogen-bond donors (Lipinski definition) is 1. The molecule has 5 nitrogen and oxygen atoms in total. The Morgan fingerprint density at radius 1 is 1.24 bits per heavy atom. The summed E-state index contributed by atoms with van der Waals surface area (Å²) in [4.78, 5) is 19.5. The lowest BCUT2D eigenvalue weighted by molar-refractivity contribution is 0.0696. The van der Waals surface area contributed by atoms with Gasteiger partial charge in [-0.15, -0.1) is 0 Å². The van der Waals surface area contributed by atoms with E-state index in [-0.39, 0.29) is 16.9 Å². The number of carbonyl (C=O) groups is 1. The highest BCUT2D eigenvalue weighted by Crippen LogP contribution is 2.27. The molecule has 0 aliphatic rings. The summed E-state index contributed by atoms with van der Waals surface area (Å²) in [5.41, 5.74) is 0.461. The van der Waals surface area contributed by atoms with Crippen LogP contribution in [0.5, 0.6) is 11.6 Å². The van der Waals surface area contributed by atoms with Crippen molar-refractivity contribution in [2.75, 3.05) is 0 Å². The maximum absolute atomic E-state index is 11.2. The van der Waals surface area contributed by atoms with Gasteiger partial charge in [0, 0.05) is 23.7 Å². The van der Waals surface area contributed by atoms with Gasteiger partial charge in [-0.3, -0.25) is 4.98 Å². The first-order valence-electron chi connectivity index (χ1n) is 6.30. The van der Waals surface area contributed by atoms with E-state index in [1.54, 1.807) is 12.1 Å². The first-order chi connectivity index (χ1) is 9.75. The summed E-state index contributed by atoms with van der Waals surface area (Å²) >= 11 is 5.84. The number of aromatic carboxylic acids is 1. The van der Waals surface area contributed by atoms with Crippen molar-refractivity contribution in [3.8, 4) is 11.6 Å². The van der Waals surface area contributed by atoms with E-state index in [1.807, 2.05) is 20.8 Å². The lowest BCUT2D eigenvalue weighted by Gasteiger charge is -2.19. The van der Waals surface area contributed by atoms with Gasteiger partial charge in [0.05, 0.1) is 22.5 Å². The standard InChI is InChI=1S/C15H15ClN2O3/c1-15(2,3)12-4-9(14(19)20)5-13(18-12)21-11-6-10(16)7-17-8-11/h4-8H,1-3H3,(H,19,20). The number of ether oxygens (including phenoxy) is 1. The molecule has 21 heavy (non-hydrogen) atoms. The van der Waals surface area contributed by atoms with Gasteiger partial charge in [-0.1, -0.05) is 32.4 Å². The Balaban J connectivity index is 2.43. The summed E-state index contributed by atoms with van der Waals surface area (Å²) in [5.74, 6) is -0.432. The third-order valence-electron chi connectivity index (χ3n) is 2.72. The Labute approximate surface area is 127 Å². The van der Waals surface area contributed by atoms with Crippen molar-refractivity contribution in [3.63, 3.8) is 0 Å². The average molecular weight is 307 g/mol. The molecule has 2 aromatic rings. The summed E-state index contributed by atoms with van der Waals surface area (Å²) in [6, 6.07) is 4.50. The maximum atomic E-state index is 11.2. The van der Waals surface area contributed by atoms with Crippen LogP contribution in [0.25, 0.3) is 0 Å². The van der Waals surface area contributed by atoms with E-state index >= 15 is 0 Å². The van der Waals surface area contributed by atoms with Gasteiger partial charge in [-0.25, -0.2) is 9.78 Å². The Morgan fingerprint density at radius 3 is 2.52 bits per heavy atom. The number of hydrogen-bond acceptors (Lipinski definition) is 4. The largest absolute Gasteiger partial charge is 0.478 e. The Bertz CT molecular complexity index is 681. The summed E-state index contributed by atoms with van der Waals surface area (Å²) < 4.78 is 5.56. The molecule has 1 N–H and O–H groups in total. The van der Waals surface area contributed by atoms with E-state index in [0.29, 0.717) is 16.5 Å². The zero-order valence-electron chi connectivity index (χ0n) is 11.9. The molecule has 6 heteroatoms. The van der Waals surface area contributed by atoms with Crippen molar-refractivity contribution in [2.45, 2.75) is 26.2 Å². The minimum Gasteiger partial charge on any atom is -0.478 e. The van der Waals surface area contributed by atoms with Crippen LogP contribution in [0.15, 0.2) is 30.6 Å². The van der Waals surface area contributed by atoms with Crippen LogP contribution in [-0.4, -0.2) is 21.0 Å². The van der Waals surface area contributed by atoms with E-state index in [4.69, 9.17) is 16.3 Å². The molecule has 0 unspecified atom stereocenters. The fourth-order valence-electron chi connectivity index (χ4n) is 1.63. The van der Waals surface area contributed by atoms with Crippen molar-refractivity contribution in [1.82, 2.24) is 9.97 Å². The molecular weight excluding hydrogens is 292 g/mol. The number of halogens is 1. The minimum absolute atomic E-state index is 0.125. The van der Waals surface area contributed by atoms with Gasteiger partial charge in [-0.05, 0) is 6.07 Å². The normalized spacial score (nSPS) is 11.2. The van der Waals surface area contributed by atoms with Crippen LogP contribution >= 0.6 is 11.6 Å². The van der Waals surface area contributed by atoms with Gasteiger partial charge in [-0.2, -0.15) is 0 Å². The molecule has 0 aliphatic carbocycles. The second kappa shape index (κ2) is 5.69. The molecule has 2 rings (SSSR count). The number of aromatic nitrogens is 2. The van der Waals surface area contributed by atoms with Crippen LogP contribution in [-0.2, 0) is 5.41 Å². The summed E-state index contributed by atoms with van der Waals surface area (Å²) in [6.45, 7) is 5.85. The molecule has 0 fully saturated rings. The topological polar surface area (TPSA) is 72.3 Å². The predicted octanol–water partition coefficient (Wildman–Crippen LogP) is 3.92. The average Bonchev–Trinajstić information content (AvgIpc) is 2.37. The smallest absolute Gasteiger partial charge is 0.335 e. The van der Waals surface area contributed by atoms with E-state index in [2.05, 4.69) is 9.97 Å². The monoisotopic (exact) mass is 306 g/mol. The lowest BCUT2D eigenvalue weighted by Crippen LogP contribution is -2.15. The molecule has 0 saturated heterocycles. The molecule has 0 radical (unpaired) electrons. The summed E-state index contributed by atoms with van der Waals surface area (Å²) in [6.07, 6.45) is 2.97. The first kappa shape index (κ1) is 15.3. The van der Waals surface area contributed by atoms with Crippen molar-refractivity contribution in [3.05, 3.63) is 46.9 Å². The highest BCUT2D eigenvalue weighted by molar-refractivity contribution is 6.30. The SMILES string of the molecule is CC(C)(C)c1cc(C(=O)O)cc(Oc2cncc(Cl)c2)n1. The highest BCUT2D eigenvalue weighted by atomic mass is 35.5. The lowest BCUT2D eigenvalue weighted by atomic mass is 9.91. The molecule has 2 heterocycles. The van der Waals surface area contributed by atoms with Gasteiger partial charge in [0.25, 0.3) is 0 Å². The van der Waals surface area contributed by atoms with Crippen LogP contribution < -0.4 is 4.74 Å². The maximum Gasteiger partial charge on any atom is 0.335 e. The summed E-state index contributed by atoms with van der Waals surface area (Å²) in [5, 5.41) is 9.62. The van der Waals surface area contributed by atoms with Crippen molar-refractivity contribution in [2.24, 2.45) is 0 Å². The van der Waals surface area contributed by atoms with Gasteiger partial charge in [0.1, 0.15) is 5.75 Å². The zero-order valence-corrected chi connectivity index (χ0v) is 12.7. The molecule has 0 aliphatic heterocycles. The van der Waals surface area contributed by atoms with Crippen LogP contribution in [0.4, 0.5) is 0 Å². The molecule has 0 saturated carbocycles. The number of carboxylic acid groups (broad SMARTS) is 1. The van der Waals surface area contributed by atoms with E-state index in [9.17, 15) is 9.90 Å². The second-order valence-corrected chi connectivity index (χ2v) is 6.01. The fraction of sp³-hybridized carbons (Fsp3) is 0.267. The minimum atomic E-state index is -1.03. The zero-order chi connectivity index (χ0) is 15.6. The van der Waals surface area contributed by atoms with E-state index in [0.717, 1.165) is 0 Å². The van der Waals surface area contributed by atoms with Crippen LogP contribution in [0.3, 0.4) is 0 Å². The Kier molecular flexibility index (Phi) is 4.14. The number of nitrogens with zero attached hydrogens (tertiary/aromatic N) is 2. The Hall–Kier alpha value is -2.14. The molecule has 2 aromatic heterocycles. The molecule has 110 valence electrons. The van der Waals surface area contributed by atoms with Crippen LogP contribution in [0.2, 0.25) is 5.02 Å². The third kappa shape index (κ3) is 3.92. The predicted molar refractivity (Wildman–Crippen MR) is 79.2 cm³/mol.